The molecule has 5 heteroatoms. The molecule has 2 aromatic carbocycles. The van der Waals surface area contributed by atoms with Gasteiger partial charge in [0.15, 0.2) is 0 Å². The largest absolute Gasteiger partial charge is 0.491 e. The van der Waals surface area contributed by atoms with E-state index in [1.54, 1.807) is 12.1 Å². The minimum atomic E-state index is -0.236. The maximum Gasteiger partial charge on any atom is 0.133 e. The van der Waals surface area contributed by atoms with Crippen LogP contribution in [0.1, 0.15) is 0 Å². The van der Waals surface area contributed by atoms with E-state index in [2.05, 4.69) is 37.2 Å². The summed E-state index contributed by atoms with van der Waals surface area (Å²) in [7, 11) is 0. The maximum atomic E-state index is 12.7. The number of halogens is 3. The van der Waals surface area contributed by atoms with Crippen LogP contribution in [0.3, 0.4) is 0 Å². The second-order valence-corrected chi connectivity index (χ2v) is 5.63. The van der Waals surface area contributed by atoms with Gasteiger partial charge in [-0.25, -0.2) is 4.39 Å². The molecule has 0 bridgehead atoms. The van der Waals surface area contributed by atoms with Gasteiger partial charge in [0.1, 0.15) is 18.2 Å². The second kappa shape index (κ2) is 6.91. The smallest absolute Gasteiger partial charge is 0.133 e. The van der Waals surface area contributed by atoms with Crippen LogP contribution in [0.2, 0.25) is 0 Å². The molecule has 0 fully saturated rings. The first kappa shape index (κ1) is 14.3. The summed E-state index contributed by atoms with van der Waals surface area (Å²) in [5, 5.41) is 3.16. The molecule has 0 atom stereocenters. The zero-order valence-corrected chi connectivity index (χ0v) is 13.2. The Hall–Kier alpha value is -1.07. The first-order chi connectivity index (χ1) is 9.15. The van der Waals surface area contributed by atoms with Gasteiger partial charge in [-0.05, 0) is 58.4 Å². The minimum Gasteiger partial charge on any atom is -0.491 e. The lowest BCUT2D eigenvalue weighted by atomic mass is 10.3. The summed E-state index contributed by atoms with van der Waals surface area (Å²) in [5.74, 6) is 0.560. The van der Waals surface area contributed by atoms with E-state index in [0.717, 1.165) is 20.4 Å². The van der Waals surface area contributed by atoms with E-state index in [0.29, 0.717) is 13.2 Å². The summed E-state index contributed by atoms with van der Waals surface area (Å²) in [6.45, 7) is 1.17. The first-order valence-electron chi connectivity index (χ1n) is 5.72. The molecule has 1 N–H and O–H groups in total. The van der Waals surface area contributed by atoms with E-state index in [-0.39, 0.29) is 5.82 Å². The van der Waals surface area contributed by atoms with Crippen molar-refractivity contribution in [2.75, 3.05) is 18.5 Å². The highest BCUT2D eigenvalue weighted by Crippen LogP contribution is 2.28. The van der Waals surface area contributed by atoms with Crippen molar-refractivity contribution in [3.05, 3.63) is 57.2 Å². The zero-order chi connectivity index (χ0) is 13.7. The van der Waals surface area contributed by atoms with Crippen LogP contribution in [-0.4, -0.2) is 13.2 Å². The highest BCUT2D eigenvalue weighted by atomic mass is 79.9. The Morgan fingerprint density at radius 1 is 1.05 bits per heavy atom. The molecular weight excluding hydrogens is 377 g/mol. The minimum absolute atomic E-state index is 0.236. The van der Waals surface area contributed by atoms with Crippen molar-refractivity contribution in [3.63, 3.8) is 0 Å². The number of ether oxygens (including phenoxy) is 1. The summed E-state index contributed by atoms with van der Waals surface area (Å²) in [6, 6.07) is 12.0. The average molecular weight is 389 g/mol. The van der Waals surface area contributed by atoms with Crippen LogP contribution in [0, 0.1) is 5.82 Å². The third-order valence-corrected chi connectivity index (χ3v) is 3.54. The summed E-state index contributed by atoms with van der Waals surface area (Å²) in [6.07, 6.45) is 0. The third kappa shape index (κ3) is 4.51. The van der Waals surface area contributed by atoms with Gasteiger partial charge >= 0.3 is 0 Å². The van der Waals surface area contributed by atoms with Crippen LogP contribution in [0.25, 0.3) is 0 Å². The van der Waals surface area contributed by atoms with Gasteiger partial charge in [0.05, 0.1) is 4.47 Å². The highest BCUT2D eigenvalue weighted by Gasteiger charge is 2.01. The van der Waals surface area contributed by atoms with Crippen LogP contribution >= 0.6 is 31.9 Å². The van der Waals surface area contributed by atoms with Gasteiger partial charge in [-0.3, -0.25) is 0 Å². The Labute approximate surface area is 128 Å². The number of rotatable bonds is 5. The monoisotopic (exact) mass is 387 g/mol. The molecule has 2 aromatic rings. The lowest BCUT2D eigenvalue weighted by Gasteiger charge is -2.10. The fourth-order valence-electron chi connectivity index (χ4n) is 1.52. The molecule has 2 nitrogen and oxygen atoms in total. The molecule has 0 saturated heterocycles. The Bertz CT molecular complexity index is 546. The Morgan fingerprint density at radius 2 is 1.79 bits per heavy atom. The van der Waals surface area contributed by atoms with Crippen LogP contribution in [0.4, 0.5) is 10.1 Å². The highest BCUT2D eigenvalue weighted by molar-refractivity contribution is 9.11. The topological polar surface area (TPSA) is 21.3 Å². The van der Waals surface area contributed by atoms with Crippen molar-refractivity contribution in [3.8, 4) is 5.75 Å². The molecule has 0 unspecified atom stereocenters. The van der Waals surface area contributed by atoms with Gasteiger partial charge < -0.3 is 10.1 Å². The number of hydrogen-bond acceptors (Lipinski definition) is 2. The molecule has 19 heavy (non-hydrogen) atoms. The molecule has 0 saturated carbocycles. The first-order valence-corrected chi connectivity index (χ1v) is 7.31. The van der Waals surface area contributed by atoms with Crippen LogP contribution < -0.4 is 10.1 Å². The molecule has 0 spiro atoms. The van der Waals surface area contributed by atoms with Crippen molar-refractivity contribution in [1.29, 1.82) is 0 Å². The van der Waals surface area contributed by atoms with E-state index in [4.69, 9.17) is 4.74 Å². The van der Waals surface area contributed by atoms with Gasteiger partial charge in [0.25, 0.3) is 0 Å². The number of nitrogens with one attached hydrogen (secondary N) is 1. The Balaban J connectivity index is 1.79. The lowest BCUT2D eigenvalue weighted by molar-refractivity contribution is 0.331. The van der Waals surface area contributed by atoms with Crippen LogP contribution in [0.5, 0.6) is 5.75 Å². The van der Waals surface area contributed by atoms with E-state index in [1.807, 2.05) is 18.2 Å². The predicted octanol–water partition coefficient (Wildman–Crippen LogP) is 4.84. The number of hydrogen-bond donors (Lipinski definition) is 1. The molecule has 0 radical (unpaired) electrons. The van der Waals surface area contributed by atoms with E-state index >= 15 is 0 Å². The molecule has 0 heterocycles. The molecular formula is C14H12Br2FNO. The summed E-state index contributed by atoms with van der Waals surface area (Å²) in [4.78, 5) is 0. The van der Waals surface area contributed by atoms with Crippen molar-refractivity contribution < 1.29 is 9.13 Å². The molecule has 0 aliphatic carbocycles. The summed E-state index contributed by atoms with van der Waals surface area (Å²) >= 11 is 6.82. The third-order valence-electron chi connectivity index (χ3n) is 2.43. The SMILES string of the molecule is Fc1ccc(NCCOc2ccc(Br)cc2Br)cc1. The van der Waals surface area contributed by atoms with Crippen molar-refractivity contribution in [2.45, 2.75) is 0 Å². The molecule has 0 aliphatic heterocycles. The molecule has 0 aliphatic rings. The normalized spacial score (nSPS) is 10.3. The summed E-state index contributed by atoms with van der Waals surface area (Å²) in [5.41, 5.74) is 0.875. The molecule has 100 valence electrons. The van der Waals surface area contributed by atoms with Gasteiger partial charge in [-0.1, -0.05) is 15.9 Å². The standard InChI is InChI=1S/C14H12Br2FNO/c15-10-1-6-14(13(16)9-10)19-8-7-18-12-4-2-11(17)3-5-12/h1-6,9,18H,7-8H2. The van der Waals surface area contributed by atoms with Crippen LogP contribution in [0.15, 0.2) is 51.4 Å². The summed E-state index contributed by atoms with van der Waals surface area (Å²) < 4.78 is 20.2. The van der Waals surface area contributed by atoms with Crippen molar-refractivity contribution in [2.24, 2.45) is 0 Å². The second-order valence-electron chi connectivity index (χ2n) is 3.86. The van der Waals surface area contributed by atoms with Gasteiger partial charge in [-0.2, -0.15) is 0 Å². The molecule has 0 aromatic heterocycles. The Kier molecular flexibility index (Phi) is 5.22. The van der Waals surface area contributed by atoms with E-state index in [1.165, 1.54) is 12.1 Å². The van der Waals surface area contributed by atoms with E-state index in [9.17, 15) is 4.39 Å². The average Bonchev–Trinajstić information content (AvgIpc) is 2.39. The van der Waals surface area contributed by atoms with Gasteiger partial charge in [0.2, 0.25) is 0 Å². The zero-order valence-electron chi connectivity index (χ0n) is 10.00. The van der Waals surface area contributed by atoms with E-state index < -0.39 is 0 Å². The van der Waals surface area contributed by atoms with Crippen LogP contribution in [-0.2, 0) is 0 Å². The Morgan fingerprint density at radius 3 is 2.47 bits per heavy atom. The van der Waals surface area contributed by atoms with Crippen molar-refractivity contribution in [1.82, 2.24) is 0 Å². The van der Waals surface area contributed by atoms with Gasteiger partial charge in [0, 0.05) is 16.7 Å². The predicted molar refractivity (Wildman–Crippen MR) is 82.2 cm³/mol. The number of benzene rings is 2. The lowest BCUT2D eigenvalue weighted by Crippen LogP contribution is -2.11. The fraction of sp³-hybridized carbons (Fsp3) is 0.143. The number of anilines is 1. The molecule has 2 rings (SSSR count). The van der Waals surface area contributed by atoms with Gasteiger partial charge in [-0.15, -0.1) is 0 Å². The quantitative estimate of drug-likeness (QED) is 0.740. The van der Waals surface area contributed by atoms with Crippen molar-refractivity contribution >= 4 is 37.5 Å². The maximum absolute atomic E-state index is 12.7. The fourth-order valence-corrected chi connectivity index (χ4v) is 2.68. The molecule has 0 amide bonds.